The van der Waals surface area contributed by atoms with Gasteiger partial charge >= 0.3 is 12.0 Å². The van der Waals surface area contributed by atoms with Gasteiger partial charge in [-0.3, -0.25) is 9.78 Å². The lowest BCUT2D eigenvalue weighted by molar-refractivity contribution is -0.153. The molecule has 20 heavy (non-hydrogen) atoms. The Labute approximate surface area is 117 Å². The lowest BCUT2D eigenvalue weighted by Crippen LogP contribution is -2.49. The normalized spacial score (nSPS) is 16.1. The van der Waals surface area contributed by atoms with Crippen LogP contribution in [-0.4, -0.2) is 28.6 Å². The maximum Gasteiger partial charge on any atom is 0.315 e. The van der Waals surface area contributed by atoms with Crippen molar-refractivity contribution in [3.05, 3.63) is 29.6 Å². The van der Waals surface area contributed by atoms with E-state index in [-0.39, 0.29) is 12.6 Å². The molecule has 6 nitrogen and oxygen atoms in total. The van der Waals surface area contributed by atoms with Crippen molar-refractivity contribution in [1.82, 2.24) is 15.6 Å². The Balaban J connectivity index is 1.79. The Morgan fingerprint density at radius 1 is 1.40 bits per heavy atom. The number of nitrogens with zero attached hydrogens (tertiary/aromatic N) is 1. The summed E-state index contributed by atoms with van der Waals surface area (Å²) >= 11 is 0. The number of hydrogen-bond donors (Lipinski definition) is 3. The largest absolute Gasteiger partial charge is 0.481 e. The molecule has 1 fully saturated rings. The van der Waals surface area contributed by atoms with Gasteiger partial charge < -0.3 is 15.7 Å². The smallest absolute Gasteiger partial charge is 0.315 e. The van der Waals surface area contributed by atoms with Gasteiger partial charge in [0, 0.05) is 25.5 Å². The van der Waals surface area contributed by atoms with Crippen molar-refractivity contribution in [2.75, 3.05) is 6.54 Å². The fourth-order valence-electron chi connectivity index (χ4n) is 2.26. The Hall–Kier alpha value is -2.11. The molecule has 1 aromatic heterocycles. The SMILES string of the molecule is Cc1cnccc1CNC(=O)NCC1(C(=O)O)CCC1. The third kappa shape index (κ3) is 3.07. The molecule has 2 amide bonds. The van der Waals surface area contributed by atoms with E-state index in [4.69, 9.17) is 5.11 Å². The molecule has 0 aromatic carbocycles. The quantitative estimate of drug-likeness (QED) is 0.759. The predicted octanol–water partition coefficient (Wildman–Crippen LogP) is 1.44. The number of urea groups is 1. The van der Waals surface area contributed by atoms with Crippen LogP contribution in [0.5, 0.6) is 0 Å². The maximum atomic E-state index is 11.7. The van der Waals surface area contributed by atoms with Gasteiger partial charge in [-0.2, -0.15) is 0 Å². The van der Waals surface area contributed by atoms with E-state index in [2.05, 4.69) is 15.6 Å². The molecule has 1 saturated carbocycles. The van der Waals surface area contributed by atoms with E-state index in [1.165, 1.54) is 0 Å². The van der Waals surface area contributed by atoms with Gasteiger partial charge in [0.2, 0.25) is 0 Å². The summed E-state index contributed by atoms with van der Waals surface area (Å²) in [6.07, 6.45) is 5.59. The number of nitrogens with one attached hydrogen (secondary N) is 2. The number of rotatable bonds is 5. The summed E-state index contributed by atoms with van der Waals surface area (Å²) in [5, 5.41) is 14.5. The van der Waals surface area contributed by atoms with Crippen LogP contribution in [0.3, 0.4) is 0 Å². The second-order valence-corrected chi connectivity index (χ2v) is 5.28. The molecule has 0 radical (unpaired) electrons. The second kappa shape index (κ2) is 5.90. The average molecular weight is 277 g/mol. The molecule has 0 spiro atoms. The number of carbonyl (C=O) groups is 2. The van der Waals surface area contributed by atoms with Gasteiger partial charge in [0.25, 0.3) is 0 Å². The van der Waals surface area contributed by atoms with Crippen molar-refractivity contribution >= 4 is 12.0 Å². The molecule has 0 unspecified atom stereocenters. The van der Waals surface area contributed by atoms with Gasteiger partial charge in [-0.1, -0.05) is 6.42 Å². The Kier molecular flexibility index (Phi) is 4.22. The summed E-state index contributed by atoms with van der Waals surface area (Å²) in [6, 6.07) is 1.51. The summed E-state index contributed by atoms with van der Waals surface area (Å²) in [7, 11) is 0. The van der Waals surface area contributed by atoms with Crippen LogP contribution < -0.4 is 10.6 Å². The molecule has 3 N–H and O–H groups in total. The number of aromatic nitrogens is 1. The highest BCUT2D eigenvalue weighted by molar-refractivity contribution is 5.78. The van der Waals surface area contributed by atoms with Gasteiger partial charge in [0.15, 0.2) is 0 Å². The van der Waals surface area contributed by atoms with E-state index in [1.807, 2.05) is 13.0 Å². The van der Waals surface area contributed by atoms with E-state index in [0.717, 1.165) is 17.5 Å². The standard InChI is InChI=1S/C14H19N3O3/c1-10-7-15-6-3-11(10)8-16-13(20)17-9-14(12(18)19)4-2-5-14/h3,6-7H,2,4-5,8-9H2,1H3,(H,18,19)(H2,16,17,20). The summed E-state index contributed by atoms with van der Waals surface area (Å²) < 4.78 is 0. The Morgan fingerprint density at radius 3 is 2.70 bits per heavy atom. The first-order valence-corrected chi connectivity index (χ1v) is 6.68. The highest BCUT2D eigenvalue weighted by atomic mass is 16.4. The molecule has 1 aromatic rings. The zero-order valence-corrected chi connectivity index (χ0v) is 11.5. The van der Waals surface area contributed by atoms with Crippen molar-refractivity contribution in [3.63, 3.8) is 0 Å². The molecule has 6 heteroatoms. The van der Waals surface area contributed by atoms with E-state index >= 15 is 0 Å². The number of amides is 2. The van der Waals surface area contributed by atoms with Crippen molar-refractivity contribution in [2.24, 2.45) is 5.41 Å². The number of aliphatic carboxylic acids is 1. The number of hydrogen-bond acceptors (Lipinski definition) is 3. The third-order valence-corrected chi connectivity index (χ3v) is 3.93. The first kappa shape index (κ1) is 14.3. The Morgan fingerprint density at radius 2 is 2.15 bits per heavy atom. The van der Waals surface area contributed by atoms with Crippen LogP contribution in [0, 0.1) is 12.3 Å². The van der Waals surface area contributed by atoms with E-state index in [1.54, 1.807) is 12.4 Å². The van der Waals surface area contributed by atoms with Gasteiger partial charge in [-0.25, -0.2) is 4.79 Å². The van der Waals surface area contributed by atoms with Crippen LogP contribution in [0.4, 0.5) is 4.79 Å². The maximum absolute atomic E-state index is 11.7. The molecule has 1 aliphatic rings. The van der Waals surface area contributed by atoms with Crippen LogP contribution >= 0.6 is 0 Å². The zero-order chi connectivity index (χ0) is 14.6. The minimum atomic E-state index is -0.825. The molecular weight excluding hydrogens is 258 g/mol. The molecule has 0 atom stereocenters. The molecule has 0 saturated heterocycles. The van der Waals surface area contributed by atoms with Crippen LogP contribution in [0.15, 0.2) is 18.5 Å². The fourth-order valence-corrected chi connectivity index (χ4v) is 2.26. The van der Waals surface area contributed by atoms with E-state index < -0.39 is 11.4 Å². The van der Waals surface area contributed by atoms with Gasteiger partial charge in [-0.05, 0) is 37.0 Å². The van der Waals surface area contributed by atoms with Crippen LogP contribution in [-0.2, 0) is 11.3 Å². The monoisotopic (exact) mass is 277 g/mol. The first-order chi connectivity index (χ1) is 9.53. The van der Waals surface area contributed by atoms with Gasteiger partial charge in [-0.15, -0.1) is 0 Å². The van der Waals surface area contributed by atoms with Crippen molar-refractivity contribution in [1.29, 1.82) is 0 Å². The van der Waals surface area contributed by atoms with Crippen molar-refractivity contribution < 1.29 is 14.7 Å². The Bertz CT molecular complexity index is 512. The molecule has 1 aliphatic carbocycles. The first-order valence-electron chi connectivity index (χ1n) is 6.68. The third-order valence-electron chi connectivity index (χ3n) is 3.93. The highest BCUT2D eigenvalue weighted by Gasteiger charge is 2.44. The fraction of sp³-hybridized carbons (Fsp3) is 0.500. The van der Waals surface area contributed by atoms with Crippen molar-refractivity contribution in [2.45, 2.75) is 32.7 Å². The van der Waals surface area contributed by atoms with Gasteiger partial charge in [0.05, 0.1) is 5.41 Å². The summed E-state index contributed by atoms with van der Waals surface area (Å²) in [5.41, 5.74) is 1.24. The van der Waals surface area contributed by atoms with Gasteiger partial charge in [0.1, 0.15) is 0 Å². The summed E-state index contributed by atoms with van der Waals surface area (Å²) in [4.78, 5) is 26.9. The molecule has 2 rings (SSSR count). The number of carbonyl (C=O) groups excluding carboxylic acids is 1. The lowest BCUT2D eigenvalue weighted by Gasteiger charge is -2.37. The van der Waals surface area contributed by atoms with E-state index in [0.29, 0.717) is 19.4 Å². The minimum Gasteiger partial charge on any atom is -0.481 e. The molecule has 108 valence electrons. The molecular formula is C14H19N3O3. The second-order valence-electron chi connectivity index (χ2n) is 5.28. The zero-order valence-electron chi connectivity index (χ0n) is 11.5. The van der Waals surface area contributed by atoms with Crippen molar-refractivity contribution in [3.8, 4) is 0 Å². The van der Waals surface area contributed by atoms with Crippen LogP contribution in [0.25, 0.3) is 0 Å². The molecule has 0 aliphatic heterocycles. The number of aryl methyl sites for hydroxylation is 1. The highest BCUT2D eigenvalue weighted by Crippen LogP contribution is 2.40. The average Bonchev–Trinajstić information content (AvgIpc) is 2.36. The minimum absolute atomic E-state index is 0.184. The molecule has 1 heterocycles. The summed E-state index contributed by atoms with van der Waals surface area (Å²) in [6.45, 7) is 2.51. The number of carboxylic acids is 1. The lowest BCUT2D eigenvalue weighted by atomic mass is 9.69. The molecule has 0 bridgehead atoms. The van der Waals surface area contributed by atoms with Crippen LogP contribution in [0.1, 0.15) is 30.4 Å². The predicted molar refractivity (Wildman–Crippen MR) is 73.1 cm³/mol. The number of carboxylic acid groups (broad SMARTS) is 1. The van der Waals surface area contributed by atoms with Crippen LogP contribution in [0.2, 0.25) is 0 Å². The summed E-state index contributed by atoms with van der Waals surface area (Å²) in [5.74, 6) is -0.825. The number of pyridine rings is 1. The van der Waals surface area contributed by atoms with E-state index in [9.17, 15) is 9.59 Å². The topological polar surface area (TPSA) is 91.3 Å².